The molecule has 1 spiro atoms. The lowest BCUT2D eigenvalue weighted by Gasteiger charge is -2.37. The molecular formula is C18H22N2O3. The minimum atomic E-state index is -0.315. The summed E-state index contributed by atoms with van der Waals surface area (Å²) < 4.78 is 17.0. The lowest BCUT2D eigenvalue weighted by molar-refractivity contribution is -0.186. The van der Waals surface area contributed by atoms with E-state index in [4.69, 9.17) is 14.0 Å². The van der Waals surface area contributed by atoms with Gasteiger partial charge in [-0.3, -0.25) is 4.90 Å². The van der Waals surface area contributed by atoms with Crippen LogP contribution in [0.15, 0.2) is 34.9 Å². The zero-order valence-electron chi connectivity index (χ0n) is 13.5. The van der Waals surface area contributed by atoms with E-state index in [0.29, 0.717) is 0 Å². The smallest absolute Gasteiger partial charge is 0.170 e. The SMILES string of the molecule is Cc1ccc(-c2cc(CN3CCC4(CC3)OCCO4)on2)cc1. The van der Waals surface area contributed by atoms with Crippen molar-refractivity contribution in [1.29, 1.82) is 0 Å². The average Bonchev–Trinajstić information content (AvgIpc) is 3.21. The number of likely N-dealkylation sites (tertiary alicyclic amines) is 1. The van der Waals surface area contributed by atoms with Crippen molar-refractivity contribution < 1.29 is 14.0 Å². The molecule has 1 aromatic heterocycles. The van der Waals surface area contributed by atoms with Gasteiger partial charge in [0, 0.05) is 37.6 Å². The molecule has 4 rings (SSSR count). The van der Waals surface area contributed by atoms with E-state index in [0.717, 1.165) is 62.7 Å². The molecule has 0 saturated carbocycles. The Labute approximate surface area is 136 Å². The fourth-order valence-corrected chi connectivity index (χ4v) is 3.31. The number of aryl methyl sites for hydroxylation is 1. The fourth-order valence-electron chi connectivity index (χ4n) is 3.31. The third-order valence-corrected chi connectivity index (χ3v) is 4.72. The molecule has 0 N–H and O–H groups in total. The molecule has 2 saturated heterocycles. The molecule has 2 aliphatic heterocycles. The van der Waals surface area contributed by atoms with E-state index >= 15 is 0 Å². The van der Waals surface area contributed by atoms with Gasteiger partial charge < -0.3 is 14.0 Å². The van der Waals surface area contributed by atoms with E-state index in [1.165, 1.54) is 5.56 Å². The van der Waals surface area contributed by atoms with Gasteiger partial charge in [-0.15, -0.1) is 0 Å². The number of rotatable bonds is 3. The van der Waals surface area contributed by atoms with Crippen molar-refractivity contribution in [3.05, 3.63) is 41.7 Å². The van der Waals surface area contributed by atoms with Crippen LogP contribution in [0.5, 0.6) is 0 Å². The third kappa shape index (κ3) is 3.17. The summed E-state index contributed by atoms with van der Waals surface area (Å²) in [6, 6.07) is 10.4. The van der Waals surface area contributed by atoms with Crippen molar-refractivity contribution in [2.24, 2.45) is 0 Å². The summed E-state index contributed by atoms with van der Waals surface area (Å²) in [5.74, 6) is 0.593. The molecule has 2 aliphatic rings. The third-order valence-electron chi connectivity index (χ3n) is 4.72. The highest BCUT2D eigenvalue weighted by Gasteiger charge is 2.39. The van der Waals surface area contributed by atoms with Crippen molar-refractivity contribution in [2.75, 3.05) is 26.3 Å². The van der Waals surface area contributed by atoms with Crippen molar-refractivity contribution in [2.45, 2.75) is 32.1 Å². The molecule has 122 valence electrons. The van der Waals surface area contributed by atoms with E-state index in [9.17, 15) is 0 Å². The summed E-state index contributed by atoms with van der Waals surface area (Å²) in [5.41, 5.74) is 3.24. The van der Waals surface area contributed by atoms with Gasteiger partial charge in [-0.25, -0.2) is 0 Å². The highest BCUT2D eigenvalue weighted by molar-refractivity contribution is 5.59. The van der Waals surface area contributed by atoms with Crippen LogP contribution < -0.4 is 0 Å². The lowest BCUT2D eigenvalue weighted by Crippen LogP contribution is -2.44. The van der Waals surface area contributed by atoms with Crippen LogP contribution in [0.3, 0.4) is 0 Å². The highest BCUT2D eigenvalue weighted by Crippen LogP contribution is 2.32. The first kappa shape index (κ1) is 14.9. The van der Waals surface area contributed by atoms with Gasteiger partial charge in [0.15, 0.2) is 11.5 Å². The van der Waals surface area contributed by atoms with Crippen LogP contribution in [0.1, 0.15) is 24.2 Å². The topological polar surface area (TPSA) is 47.7 Å². The van der Waals surface area contributed by atoms with Gasteiger partial charge in [-0.2, -0.15) is 0 Å². The predicted molar refractivity (Wildman–Crippen MR) is 85.8 cm³/mol. The van der Waals surface area contributed by atoms with E-state index in [-0.39, 0.29) is 5.79 Å². The molecule has 5 nitrogen and oxygen atoms in total. The first-order valence-corrected chi connectivity index (χ1v) is 8.25. The lowest BCUT2D eigenvalue weighted by atomic mass is 10.0. The van der Waals surface area contributed by atoms with Crippen LogP contribution in [-0.4, -0.2) is 42.1 Å². The van der Waals surface area contributed by atoms with Gasteiger partial charge in [-0.05, 0) is 6.92 Å². The summed E-state index contributed by atoms with van der Waals surface area (Å²) in [5, 5.41) is 4.20. The maximum absolute atomic E-state index is 5.77. The fraction of sp³-hybridized carbons (Fsp3) is 0.500. The van der Waals surface area contributed by atoms with Gasteiger partial charge in [0.1, 0.15) is 5.69 Å². The Kier molecular flexibility index (Phi) is 3.93. The number of hydrogen-bond acceptors (Lipinski definition) is 5. The molecule has 5 heteroatoms. The summed E-state index contributed by atoms with van der Waals surface area (Å²) in [6.45, 7) is 6.24. The van der Waals surface area contributed by atoms with Crippen molar-refractivity contribution >= 4 is 0 Å². The van der Waals surface area contributed by atoms with Crippen molar-refractivity contribution in [3.8, 4) is 11.3 Å². The van der Waals surface area contributed by atoms with Crippen LogP contribution in [0.2, 0.25) is 0 Å². The Hall–Kier alpha value is -1.69. The van der Waals surface area contributed by atoms with Crippen LogP contribution in [0.4, 0.5) is 0 Å². The molecule has 0 unspecified atom stereocenters. The Morgan fingerprint density at radius 1 is 1.09 bits per heavy atom. The molecule has 0 atom stereocenters. The van der Waals surface area contributed by atoms with Gasteiger partial charge >= 0.3 is 0 Å². The molecule has 2 aromatic rings. The van der Waals surface area contributed by atoms with E-state index in [2.05, 4.69) is 41.2 Å². The number of benzene rings is 1. The van der Waals surface area contributed by atoms with Crippen LogP contribution in [0, 0.1) is 6.92 Å². The Bertz CT molecular complexity index is 649. The van der Waals surface area contributed by atoms with Crippen LogP contribution in [-0.2, 0) is 16.0 Å². The second kappa shape index (κ2) is 6.07. The Morgan fingerprint density at radius 2 is 1.78 bits per heavy atom. The van der Waals surface area contributed by atoms with E-state index in [1.807, 2.05) is 6.07 Å². The molecule has 0 amide bonds. The second-order valence-electron chi connectivity index (χ2n) is 6.43. The van der Waals surface area contributed by atoms with Crippen molar-refractivity contribution in [1.82, 2.24) is 10.1 Å². The summed E-state index contributed by atoms with van der Waals surface area (Å²) in [6.07, 6.45) is 1.85. The molecule has 1 aromatic carbocycles. The van der Waals surface area contributed by atoms with Gasteiger partial charge in [-0.1, -0.05) is 35.0 Å². The predicted octanol–water partition coefficient (Wildman–Crippen LogP) is 2.99. The van der Waals surface area contributed by atoms with Gasteiger partial charge in [0.2, 0.25) is 0 Å². The molecule has 3 heterocycles. The minimum Gasteiger partial charge on any atom is -0.359 e. The average molecular weight is 314 g/mol. The number of piperidine rings is 1. The number of ether oxygens (including phenoxy) is 2. The monoisotopic (exact) mass is 314 g/mol. The largest absolute Gasteiger partial charge is 0.359 e. The molecule has 0 bridgehead atoms. The number of aromatic nitrogens is 1. The zero-order valence-corrected chi connectivity index (χ0v) is 13.5. The maximum Gasteiger partial charge on any atom is 0.170 e. The number of hydrogen-bond donors (Lipinski definition) is 0. The van der Waals surface area contributed by atoms with Crippen LogP contribution in [0.25, 0.3) is 11.3 Å². The second-order valence-corrected chi connectivity index (χ2v) is 6.43. The first-order chi connectivity index (χ1) is 11.2. The minimum absolute atomic E-state index is 0.315. The maximum atomic E-state index is 5.77. The van der Waals surface area contributed by atoms with Gasteiger partial charge in [0.05, 0.1) is 19.8 Å². The summed E-state index contributed by atoms with van der Waals surface area (Å²) in [7, 11) is 0. The van der Waals surface area contributed by atoms with Crippen LogP contribution >= 0.6 is 0 Å². The Morgan fingerprint density at radius 3 is 2.48 bits per heavy atom. The quantitative estimate of drug-likeness (QED) is 0.871. The standard InChI is InChI=1S/C18H22N2O3/c1-14-2-4-15(5-3-14)17-12-16(23-19-17)13-20-8-6-18(7-9-20)21-10-11-22-18/h2-5,12H,6-11,13H2,1H3. The normalized spacial score (nSPS) is 21.1. The molecule has 0 aliphatic carbocycles. The summed E-state index contributed by atoms with van der Waals surface area (Å²) >= 11 is 0. The molecule has 2 fully saturated rings. The first-order valence-electron chi connectivity index (χ1n) is 8.25. The molecule has 23 heavy (non-hydrogen) atoms. The number of nitrogens with zero attached hydrogens (tertiary/aromatic N) is 2. The summed E-state index contributed by atoms with van der Waals surface area (Å²) in [4.78, 5) is 2.37. The molecule has 0 radical (unpaired) electrons. The van der Waals surface area contributed by atoms with E-state index < -0.39 is 0 Å². The molecular weight excluding hydrogens is 292 g/mol. The Balaban J connectivity index is 1.38. The van der Waals surface area contributed by atoms with E-state index in [1.54, 1.807) is 0 Å². The van der Waals surface area contributed by atoms with Gasteiger partial charge in [0.25, 0.3) is 0 Å². The highest BCUT2D eigenvalue weighted by atomic mass is 16.7. The zero-order chi connectivity index (χ0) is 15.7. The van der Waals surface area contributed by atoms with Crippen molar-refractivity contribution in [3.63, 3.8) is 0 Å².